The first-order chi connectivity index (χ1) is 14.3. The Hall–Kier alpha value is -1.17. The van der Waals surface area contributed by atoms with Crippen LogP contribution >= 0.6 is 24.0 Å². The highest BCUT2D eigenvalue weighted by molar-refractivity contribution is 14.0. The van der Waals surface area contributed by atoms with Crippen LogP contribution in [0.5, 0.6) is 0 Å². The molecule has 7 nitrogen and oxygen atoms in total. The molecule has 0 saturated carbocycles. The third-order valence-electron chi connectivity index (χ3n) is 4.98. The lowest BCUT2D eigenvalue weighted by atomic mass is 10.1. The zero-order chi connectivity index (χ0) is 20.3. The third-order valence-corrected chi connectivity index (χ3v) is 4.98. The van der Waals surface area contributed by atoms with Crippen LogP contribution in [0.15, 0.2) is 23.2 Å². The number of aliphatic imine (C=N–C) groups is 1. The fourth-order valence-electron chi connectivity index (χ4n) is 3.39. The molecule has 1 aromatic carbocycles. The van der Waals surface area contributed by atoms with Crippen molar-refractivity contribution in [2.24, 2.45) is 4.99 Å². The van der Waals surface area contributed by atoms with Crippen LogP contribution in [0.25, 0.3) is 0 Å². The van der Waals surface area contributed by atoms with E-state index in [2.05, 4.69) is 15.6 Å². The van der Waals surface area contributed by atoms with Crippen LogP contribution in [0.1, 0.15) is 25.3 Å². The summed E-state index contributed by atoms with van der Waals surface area (Å²) >= 11 is 0. The summed E-state index contributed by atoms with van der Waals surface area (Å²) in [6, 6.07) is 5.36. The molecular weight excluding hydrogens is 502 g/mol. The molecular formula is C21H34FIN4O3. The molecule has 9 heteroatoms. The molecule has 2 N–H and O–H groups in total. The van der Waals surface area contributed by atoms with E-state index in [1.807, 2.05) is 24.0 Å². The molecule has 0 aromatic heterocycles. The maximum absolute atomic E-state index is 14.5. The van der Waals surface area contributed by atoms with E-state index < -0.39 is 0 Å². The summed E-state index contributed by atoms with van der Waals surface area (Å²) in [4.78, 5) is 6.60. The number of morpholine rings is 1. The largest absolute Gasteiger partial charge is 0.379 e. The summed E-state index contributed by atoms with van der Waals surface area (Å²) in [6.45, 7) is 8.92. The molecule has 3 rings (SSSR count). The van der Waals surface area contributed by atoms with Gasteiger partial charge >= 0.3 is 0 Å². The minimum Gasteiger partial charge on any atom is -0.379 e. The van der Waals surface area contributed by atoms with Gasteiger partial charge in [-0.1, -0.05) is 6.07 Å². The zero-order valence-corrected chi connectivity index (χ0v) is 20.0. The predicted molar refractivity (Wildman–Crippen MR) is 127 cm³/mol. The van der Waals surface area contributed by atoms with Crippen LogP contribution in [0.2, 0.25) is 0 Å². The molecule has 2 saturated heterocycles. The predicted octanol–water partition coefficient (Wildman–Crippen LogP) is 2.53. The fraction of sp³-hybridized carbons (Fsp3) is 0.667. The molecule has 1 aromatic rings. The van der Waals surface area contributed by atoms with Crippen molar-refractivity contribution in [3.8, 4) is 0 Å². The van der Waals surface area contributed by atoms with Gasteiger partial charge in [-0.2, -0.15) is 0 Å². The summed E-state index contributed by atoms with van der Waals surface area (Å²) < 4.78 is 30.9. The van der Waals surface area contributed by atoms with Crippen molar-refractivity contribution in [1.29, 1.82) is 0 Å². The van der Waals surface area contributed by atoms with Gasteiger partial charge in [-0.3, -0.25) is 0 Å². The minimum absolute atomic E-state index is 0. The molecule has 0 amide bonds. The molecule has 0 radical (unpaired) electrons. The maximum atomic E-state index is 14.5. The number of guanidine groups is 1. The van der Waals surface area contributed by atoms with Gasteiger partial charge in [0.25, 0.3) is 0 Å². The van der Waals surface area contributed by atoms with E-state index in [4.69, 9.17) is 14.2 Å². The quantitative estimate of drug-likeness (QED) is 0.219. The van der Waals surface area contributed by atoms with Gasteiger partial charge in [0, 0.05) is 39.4 Å². The second-order valence-corrected chi connectivity index (χ2v) is 7.22. The summed E-state index contributed by atoms with van der Waals surface area (Å²) in [5.41, 5.74) is 1.49. The van der Waals surface area contributed by atoms with Crippen molar-refractivity contribution < 1.29 is 18.6 Å². The van der Waals surface area contributed by atoms with E-state index in [1.54, 1.807) is 6.07 Å². The standard InChI is InChI=1S/C21H33FN4O3.HI/c1-2-23-21(24-7-3-10-29-18-6-11-28-16-18)25-15-17-4-5-20(19(22)14-17)26-8-12-27-13-9-26;/h4-5,14,18H,2-3,6-13,15-16H2,1H3,(H2,23,24,25);1H. The van der Waals surface area contributed by atoms with Gasteiger partial charge in [0.05, 0.1) is 38.2 Å². The number of anilines is 1. The van der Waals surface area contributed by atoms with Crippen LogP contribution in [0.3, 0.4) is 0 Å². The topological polar surface area (TPSA) is 67.4 Å². The highest BCUT2D eigenvalue weighted by Gasteiger charge is 2.16. The number of nitrogens with one attached hydrogen (secondary N) is 2. The number of hydrogen-bond acceptors (Lipinski definition) is 5. The number of benzene rings is 1. The Morgan fingerprint density at radius 3 is 2.77 bits per heavy atom. The van der Waals surface area contributed by atoms with Crippen LogP contribution in [-0.4, -0.2) is 71.3 Å². The Morgan fingerprint density at radius 1 is 1.23 bits per heavy atom. The van der Waals surface area contributed by atoms with E-state index in [9.17, 15) is 4.39 Å². The molecule has 2 aliphatic rings. The van der Waals surface area contributed by atoms with Crippen LogP contribution < -0.4 is 15.5 Å². The summed E-state index contributed by atoms with van der Waals surface area (Å²) in [5, 5.41) is 6.53. The van der Waals surface area contributed by atoms with Crippen LogP contribution in [0.4, 0.5) is 10.1 Å². The third kappa shape index (κ3) is 8.16. The van der Waals surface area contributed by atoms with E-state index in [1.165, 1.54) is 0 Å². The number of ether oxygens (including phenoxy) is 3. The number of rotatable bonds is 9. The molecule has 2 fully saturated rings. The first-order valence-corrected chi connectivity index (χ1v) is 10.6. The normalized spacial score (nSPS) is 19.5. The van der Waals surface area contributed by atoms with Crippen molar-refractivity contribution in [3.63, 3.8) is 0 Å². The van der Waals surface area contributed by atoms with Crippen molar-refractivity contribution >= 4 is 35.6 Å². The van der Waals surface area contributed by atoms with Crippen LogP contribution in [-0.2, 0) is 20.8 Å². The van der Waals surface area contributed by atoms with Gasteiger partial charge in [-0.25, -0.2) is 9.38 Å². The Kier molecular flexibility index (Phi) is 11.7. The maximum Gasteiger partial charge on any atom is 0.191 e. The van der Waals surface area contributed by atoms with E-state index in [0.29, 0.717) is 38.7 Å². The van der Waals surface area contributed by atoms with Crippen molar-refractivity contribution in [2.75, 3.05) is 64.1 Å². The first-order valence-electron chi connectivity index (χ1n) is 10.6. The van der Waals surface area contributed by atoms with Crippen molar-refractivity contribution in [3.05, 3.63) is 29.6 Å². The number of hydrogen-bond donors (Lipinski definition) is 2. The smallest absolute Gasteiger partial charge is 0.191 e. The number of nitrogens with zero attached hydrogens (tertiary/aromatic N) is 2. The molecule has 1 unspecified atom stereocenters. The monoisotopic (exact) mass is 536 g/mol. The Bertz CT molecular complexity index is 653. The van der Waals surface area contributed by atoms with E-state index in [0.717, 1.165) is 57.2 Å². The molecule has 30 heavy (non-hydrogen) atoms. The van der Waals surface area contributed by atoms with Gasteiger partial charge in [0.15, 0.2) is 5.96 Å². The van der Waals surface area contributed by atoms with Gasteiger partial charge in [0.1, 0.15) is 5.82 Å². The molecule has 0 bridgehead atoms. The number of halogens is 2. The van der Waals surface area contributed by atoms with E-state index in [-0.39, 0.29) is 35.9 Å². The van der Waals surface area contributed by atoms with Crippen LogP contribution in [0, 0.1) is 5.82 Å². The summed E-state index contributed by atoms with van der Waals surface area (Å²) in [6.07, 6.45) is 2.12. The SMILES string of the molecule is CCNC(=NCc1ccc(N2CCOCC2)c(F)c1)NCCCOC1CCOC1.I. The lowest BCUT2D eigenvalue weighted by Gasteiger charge is -2.29. The van der Waals surface area contributed by atoms with Gasteiger partial charge in [0.2, 0.25) is 0 Å². The molecule has 0 spiro atoms. The Labute approximate surface area is 195 Å². The molecule has 1 atom stereocenters. The highest BCUT2D eigenvalue weighted by atomic mass is 127. The molecule has 0 aliphatic carbocycles. The zero-order valence-electron chi connectivity index (χ0n) is 17.7. The Balaban J connectivity index is 0.00000320. The van der Waals surface area contributed by atoms with E-state index >= 15 is 0 Å². The first kappa shape index (κ1) is 25.1. The average Bonchev–Trinajstić information content (AvgIpc) is 3.26. The van der Waals surface area contributed by atoms with Gasteiger partial charge < -0.3 is 29.7 Å². The highest BCUT2D eigenvalue weighted by Crippen LogP contribution is 2.22. The summed E-state index contributed by atoms with van der Waals surface area (Å²) in [7, 11) is 0. The summed E-state index contributed by atoms with van der Waals surface area (Å²) in [5.74, 6) is 0.528. The molecule has 170 valence electrons. The lowest BCUT2D eigenvalue weighted by Crippen LogP contribution is -2.38. The average molecular weight is 536 g/mol. The van der Waals surface area contributed by atoms with Crippen molar-refractivity contribution in [1.82, 2.24) is 10.6 Å². The fourth-order valence-corrected chi connectivity index (χ4v) is 3.39. The second-order valence-electron chi connectivity index (χ2n) is 7.22. The van der Waals surface area contributed by atoms with Crippen molar-refractivity contribution in [2.45, 2.75) is 32.4 Å². The van der Waals surface area contributed by atoms with Gasteiger partial charge in [-0.05, 0) is 37.5 Å². The molecule has 2 heterocycles. The lowest BCUT2D eigenvalue weighted by molar-refractivity contribution is 0.0420. The molecule has 2 aliphatic heterocycles. The Morgan fingerprint density at radius 2 is 2.07 bits per heavy atom. The second kappa shape index (κ2) is 14.0. The minimum atomic E-state index is -0.203. The van der Waals surface area contributed by atoms with Gasteiger partial charge in [-0.15, -0.1) is 24.0 Å².